The van der Waals surface area contributed by atoms with Crippen molar-refractivity contribution in [3.8, 4) is 0 Å². The monoisotopic (exact) mass is 367 g/mol. The van der Waals surface area contributed by atoms with Crippen LogP contribution in [0.3, 0.4) is 0 Å². The first-order valence-corrected chi connectivity index (χ1v) is 9.39. The molecular formula is C20H21N3O2S. The lowest BCUT2D eigenvalue weighted by atomic mass is 10.2. The van der Waals surface area contributed by atoms with Gasteiger partial charge in [0.25, 0.3) is 5.56 Å². The number of fused-ring (bicyclic) bond motifs is 1. The minimum absolute atomic E-state index is 0.0359. The highest BCUT2D eigenvalue weighted by atomic mass is 32.2. The molecule has 0 aliphatic rings. The normalized spacial score (nSPS) is 12.1. The van der Waals surface area contributed by atoms with E-state index in [2.05, 4.69) is 4.98 Å². The molecule has 1 aromatic heterocycles. The van der Waals surface area contributed by atoms with E-state index in [0.717, 1.165) is 5.69 Å². The first kappa shape index (κ1) is 18.2. The number of thioether (sulfide) groups is 1. The van der Waals surface area contributed by atoms with Crippen molar-refractivity contribution in [2.45, 2.75) is 30.8 Å². The van der Waals surface area contributed by atoms with Crippen LogP contribution in [0.15, 0.2) is 64.5 Å². The summed E-state index contributed by atoms with van der Waals surface area (Å²) in [5, 5.41) is 0.795. The van der Waals surface area contributed by atoms with Gasteiger partial charge in [-0.05, 0) is 38.1 Å². The van der Waals surface area contributed by atoms with E-state index in [9.17, 15) is 9.59 Å². The summed E-state index contributed by atoms with van der Waals surface area (Å²) >= 11 is 1.32. The van der Waals surface area contributed by atoms with E-state index in [-0.39, 0.29) is 16.7 Å². The van der Waals surface area contributed by atoms with Gasteiger partial charge in [0, 0.05) is 19.3 Å². The molecule has 0 N–H and O–H groups in total. The van der Waals surface area contributed by atoms with Crippen molar-refractivity contribution >= 4 is 34.3 Å². The fourth-order valence-corrected chi connectivity index (χ4v) is 3.84. The molecule has 0 saturated heterocycles. The number of aromatic nitrogens is 2. The minimum Gasteiger partial charge on any atom is -0.315 e. The van der Waals surface area contributed by atoms with Gasteiger partial charge in [-0.25, -0.2) is 4.98 Å². The molecule has 0 aliphatic heterocycles. The van der Waals surface area contributed by atoms with Crippen LogP contribution in [-0.4, -0.2) is 27.8 Å². The summed E-state index contributed by atoms with van der Waals surface area (Å²) in [6, 6.07) is 16.8. The van der Waals surface area contributed by atoms with E-state index in [0.29, 0.717) is 22.6 Å². The Hall–Kier alpha value is -2.60. The Morgan fingerprint density at radius 2 is 1.81 bits per heavy atom. The minimum atomic E-state index is -0.369. The van der Waals surface area contributed by atoms with E-state index in [1.54, 1.807) is 22.6 Å². The third-order valence-corrected chi connectivity index (χ3v) is 5.32. The van der Waals surface area contributed by atoms with Gasteiger partial charge in [0.2, 0.25) is 5.91 Å². The van der Waals surface area contributed by atoms with Crippen molar-refractivity contribution in [1.29, 1.82) is 0 Å². The van der Waals surface area contributed by atoms with Crippen LogP contribution in [0.5, 0.6) is 0 Å². The summed E-state index contributed by atoms with van der Waals surface area (Å²) in [6.07, 6.45) is 0. The van der Waals surface area contributed by atoms with Crippen LogP contribution in [0, 0.1) is 0 Å². The van der Waals surface area contributed by atoms with Gasteiger partial charge in [0.15, 0.2) is 5.16 Å². The maximum Gasteiger partial charge on any atom is 0.262 e. The maximum absolute atomic E-state index is 12.8. The predicted molar refractivity (Wildman–Crippen MR) is 107 cm³/mol. The van der Waals surface area contributed by atoms with Crippen LogP contribution in [0.4, 0.5) is 5.69 Å². The highest BCUT2D eigenvalue weighted by Crippen LogP contribution is 2.25. The Morgan fingerprint density at radius 3 is 2.50 bits per heavy atom. The Kier molecular flexibility index (Phi) is 5.42. The van der Waals surface area contributed by atoms with Gasteiger partial charge < -0.3 is 4.90 Å². The zero-order valence-corrected chi connectivity index (χ0v) is 15.9. The Balaban J connectivity index is 1.90. The fraction of sp³-hybridized carbons (Fsp3) is 0.250. The molecule has 0 spiro atoms. The standard InChI is InChI=1S/C20H21N3O2S/c1-4-23-19(25)16-12-8-9-13-17(16)21-20(23)26-14(2)18(24)22(3)15-10-6-5-7-11-15/h5-14H,4H2,1-3H3/t14-/m0/s1. The van der Waals surface area contributed by atoms with Crippen LogP contribution in [-0.2, 0) is 11.3 Å². The molecule has 3 rings (SSSR count). The second-order valence-corrected chi connectivity index (χ2v) is 7.26. The van der Waals surface area contributed by atoms with E-state index >= 15 is 0 Å². The molecule has 0 fully saturated rings. The molecule has 3 aromatic rings. The topological polar surface area (TPSA) is 55.2 Å². The number of rotatable bonds is 5. The van der Waals surface area contributed by atoms with Gasteiger partial charge in [0.05, 0.1) is 16.2 Å². The molecule has 6 heteroatoms. The van der Waals surface area contributed by atoms with E-state index < -0.39 is 0 Å². The molecule has 2 aromatic carbocycles. The average Bonchev–Trinajstić information content (AvgIpc) is 2.68. The van der Waals surface area contributed by atoms with Crippen molar-refractivity contribution in [2.24, 2.45) is 0 Å². The van der Waals surface area contributed by atoms with Gasteiger partial charge in [-0.3, -0.25) is 14.2 Å². The van der Waals surface area contributed by atoms with Gasteiger partial charge in [-0.1, -0.05) is 42.1 Å². The number of carbonyl (C=O) groups is 1. The van der Waals surface area contributed by atoms with Crippen molar-refractivity contribution in [3.05, 3.63) is 65.0 Å². The lowest BCUT2D eigenvalue weighted by Gasteiger charge is -2.21. The second kappa shape index (κ2) is 7.74. The smallest absolute Gasteiger partial charge is 0.262 e. The number of para-hydroxylation sites is 2. The first-order chi connectivity index (χ1) is 12.5. The predicted octanol–water partition coefficient (Wildman–Crippen LogP) is 3.56. The van der Waals surface area contributed by atoms with Crippen LogP contribution < -0.4 is 10.5 Å². The molecular weight excluding hydrogens is 346 g/mol. The first-order valence-electron chi connectivity index (χ1n) is 8.51. The van der Waals surface area contributed by atoms with Crippen LogP contribution >= 0.6 is 11.8 Å². The summed E-state index contributed by atoms with van der Waals surface area (Å²) < 4.78 is 1.62. The number of anilines is 1. The largest absolute Gasteiger partial charge is 0.315 e. The fourth-order valence-electron chi connectivity index (χ4n) is 2.78. The SMILES string of the molecule is CCn1c(S[C@@H](C)C(=O)N(C)c2ccccc2)nc2ccccc2c1=O. The average molecular weight is 367 g/mol. The summed E-state index contributed by atoms with van der Waals surface area (Å²) in [7, 11) is 1.76. The molecule has 26 heavy (non-hydrogen) atoms. The lowest BCUT2D eigenvalue weighted by molar-refractivity contribution is -0.117. The summed E-state index contributed by atoms with van der Waals surface area (Å²) in [5.41, 5.74) is 1.42. The van der Waals surface area contributed by atoms with Gasteiger partial charge in [0.1, 0.15) is 0 Å². The van der Waals surface area contributed by atoms with Crippen LogP contribution in [0.25, 0.3) is 10.9 Å². The Bertz CT molecular complexity index is 985. The molecule has 1 atom stereocenters. The zero-order chi connectivity index (χ0) is 18.7. The van der Waals surface area contributed by atoms with Crippen molar-refractivity contribution < 1.29 is 4.79 Å². The van der Waals surface area contributed by atoms with Crippen molar-refractivity contribution in [1.82, 2.24) is 9.55 Å². The molecule has 1 amide bonds. The molecule has 1 heterocycles. The number of amides is 1. The van der Waals surface area contributed by atoms with Gasteiger partial charge >= 0.3 is 0 Å². The van der Waals surface area contributed by atoms with Crippen molar-refractivity contribution in [2.75, 3.05) is 11.9 Å². The molecule has 134 valence electrons. The van der Waals surface area contributed by atoms with E-state index in [4.69, 9.17) is 0 Å². The molecule has 0 radical (unpaired) electrons. The summed E-state index contributed by atoms with van der Waals surface area (Å²) in [5.74, 6) is -0.0359. The van der Waals surface area contributed by atoms with Gasteiger partial charge in [-0.2, -0.15) is 0 Å². The Morgan fingerprint density at radius 1 is 1.15 bits per heavy atom. The quantitative estimate of drug-likeness (QED) is 0.511. The summed E-state index contributed by atoms with van der Waals surface area (Å²) in [6.45, 7) is 4.26. The third-order valence-electron chi connectivity index (χ3n) is 4.25. The molecule has 0 unspecified atom stereocenters. The third kappa shape index (κ3) is 3.51. The molecule has 0 bridgehead atoms. The highest BCUT2D eigenvalue weighted by Gasteiger charge is 2.22. The van der Waals surface area contributed by atoms with E-state index in [1.165, 1.54) is 11.8 Å². The molecule has 5 nitrogen and oxygen atoms in total. The number of carbonyl (C=O) groups excluding carboxylic acids is 1. The van der Waals surface area contributed by atoms with Gasteiger partial charge in [-0.15, -0.1) is 0 Å². The zero-order valence-electron chi connectivity index (χ0n) is 15.0. The second-order valence-electron chi connectivity index (χ2n) is 5.95. The van der Waals surface area contributed by atoms with Crippen LogP contribution in [0.1, 0.15) is 13.8 Å². The maximum atomic E-state index is 12.8. The molecule has 0 saturated carbocycles. The number of hydrogen-bond acceptors (Lipinski definition) is 4. The van der Waals surface area contributed by atoms with Crippen LogP contribution in [0.2, 0.25) is 0 Å². The number of nitrogens with zero attached hydrogens (tertiary/aromatic N) is 3. The van der Waals surface area contributed by atoms with E-state index in [1.807, 2.05) is 62.4 Å². The number of hydrogen-bond donors (Lipinski definition) is 0. The molecule has 0 aliphatic carbocycles. The van der Waals surface area contributed by atoms with Crippen molar-refractivity contribution in [3.63, 3.8) is 0 Å². The Labute approximate surface area is 156 Å². The highest BCUT2D eigenvalue weighted by molar-refractivity contribution is 8.00. The summed E-state index contributed by atoms with van der Waals surface area (Å²) in [4.78, 5) is 31.7. The lowest BCUT2D eigenvalue weighted by Crippen LogP contribution is -2.34. The number of benzene rings is 2.